The topological polar surface area (TPSA) is 66.0 Å². The van der Waals surface area contributed by atoms with Gasteiger partial charge in [-0.2, -0.15) is 0 Å². The van der Waals surface area contributed by atoms with Crippen LogP contribution in [0.3, 0.4) is 0 Å². The molecule has 0 aliphatic carbocycles. The van der Waals surface area contributed by atoms with Crippen LogP contribution in [-0.4, -0.2) is 77.6 Å². The number of hydrogen-bond acceptors (Lipinski definition) is 4. The second-order valence-electron chi connectivity index (χ2n) is 7.94. The standard InChI is InChI=1S/C20H28N4O3/c25-18-4-5-20(16-24(18)15-17-3-1-2-8-21-17)6-9-22(10-7-20)19(26)23-11-13-27-14-12-23/h1-3,8H,4-7,9-16H2. The minimum atomic E-state index is 0.143. The fourth-order valence-corrected chi connectivity index (χ4v) is 4.47. The van der Waals surface area contributed by atoms with E-state index >= 15 is 0 Å². The summed E-state index contributed by atoms with van der Waals surface area (Å²) in [6.07, 6.45) is 5.24. The smallest absolute Gasteiger partial charge is 0.320 e. The molecule has 3 aliphatic rings. The van der Waals surface area contributed by atoms with E-state index in [1.54, 1.807) is 6.20 Å². The van der Waals surface area contributed by atoms with E-state index in [2.05, 4.69) is 4.98 Å². The van der Waals surface area contributed by atoms with Gasteiger partial charge in [0.1, 0.15) is 0 Å². The molecule has 7 nitrogen and oxygen atoms in total. The molecule has 1 aromatic rings. The van der Waals surface area contributed by atoms with Crippen LogP contribution in [0.25, 0.3) is 0 Å². The van der Waals surface area contributed by atoms with Crippen LogP contribution in [0.15, 0.2) is 24.4 Å². The van der Waals surface area contributed by atoms with Crippen LogP contribution < -0.4 is 0 Å². The first-order valence-electron chi connectivity index (χ1n) is 9.95. The summed E-state index contributed by atoms with van der Waals surface area (Å²) in [5, 5.41) is 0. The zero-order chi connectivity index (χ0) is 18.7. The van der Waals surface area contributed by atoms with Crippen molar-refractivity contribution >= 4 is 11.9 Å². The third-order valence-corrected chi connectivity index (χ3v) is 6.20. The number of likely N-dealkylation sites (tertiary alicyclic amines) is 2. The lowest BCUT2D eigenvalue weighted by molar-refractivity contribution is -0.139. The van der Waals surface area contributed by atoms with Gasteiger partial charge in [0.25, 0.3) is 0 Å². The number of urea groups is 1. The third-order valence-electron chi connectivity index (χ3n) is 6.20. The predicted molar refractivity (Wildman–Crippen MR) is 99.9 cm³/mol. The number of morpholine rings is 1. The Balaban J connectivity index is 1.35. The molecule has 0 saturated carbocycles. The molecule has 1 spiro atoms. The van der Waals surface area contributed by atoms with E-state index < -0.39 is 0 Å². The predicted octanol–water partition coefficient (Wildman–Crippen LogP) is 1.74. The molecule has 0 bridgehead atoms. The van der Waals surface area contributed by atoms with Crippen molar-refractivity contribution in [1.29, 1.82) is 0 Å². The Kier molecular flexibility index (Phi) is 5.29. The summed E-state index contributed by atoms with van der Waals surface area (Å²) in [6.45, 7) is 5.56. The Morgan fingerprint density at radius 1 is 1.07 bits per heavy atom. The summed E-state index contributed by atoms with van der Waals surface area (Å²) in [7, 11) is 0. The Morgan fingerprint density at radius 2 is 1.81 bits per heavy atom. The summed E-state index contributed by atoms with van der Waals surface area (Å²) < 4.78 is 5.34. The number of hydrogen-bond donors (Lipinski definition) is 0. The van der Waals surface area contributed by atoms with E-state index in [1.165, 1.54) is 0 Å². The van der Waals surface area contributed by atoms with Gasteiger partial charge >= 0.3 is 6.03 Å². The van der Waals surface area contributed by atoms with Crippen LogP contribution in [-0.2, 0) is 16.1 Å². The fraction of sp³-hybridized carbons (Fsp3) is 0.650. The van der Waals surface area contributed by atoms with Crippen molar-refractivity contribution in [3.05, 3.63) is 30.1 Å². The SMILES string of the molecule is O=C1CCC2(CCN(C(=O)N3CCOCC3)CC2)CN1Cc1ccccn1. The quantitative estimate of drug-likeness (QED) is 0.793. The van der Waals surface area contributed by atoms with E-state index in [4.69, 9.17) is 4.74 Å². The molecular weight excluding hydrogens is 344 g/mol. The third kappa shape index (κ3) is 4.08. The van der Waals surface area contributed by atoms with Gasteiger partial charge in [-0.15, -0.1) is 0 Å². The average molecular weight is 372 g/mol. The number of piperidine rings is 2. The first-order chi connectivity index (χ1) is 13.2. The first-order valence-corrected chi connectivity index (χ1v) is 9.95. The average Bonchev–Trinajstić information content (AvgIpc) is 2.72. The molecule has 0 N–H and O–H groups in total. The highest BCUT2D eigenvalue weighted by molar-refractivity contribution is 5.77. The van der Waals surface area contributed by atoms with Gasteiger partial charge in [0, 0.05) is 45.3 Å². The maximum Gasteiger partial charge on any atom is 0.320 e. The van der Waals surface area contributed by atoms with Crippen molar-refractivity contribution in [2.24, 2.45) is 5.41 Å². The molecule has 27 heavy (non-hydrogen) atoms. The Bertz CT molecular complexity index is 667. The van der Waals surface area contributed by atoms with E-state index in [0.29, 0.717) is 39.3 Å². The number of nitrogens with zero attached hydrogens (tertiary/aromatic N) is 4. The number of rotatable bonds is 2. The molecule has 0 atom stereocenters. The molecule has 0 radical (unpaired) electrons. The summed E-state index contributed by atoms with van der Waals surface area (Å²) in [5.74, 6) is 0.220. The van der Waals surface area contributed by atoms with Gasteiger partial charge < -0.3 is 19.4 Å². The van der Waals surface area contributed by atoms with Crippen molar-refractivity contribution in [2.45, 2.75) is 32.2 Å². The number of carbonyl (C=O) groups is 2. The monoisotopic (exact) mass is 372 g/mol. The normalized spacial score (nSPS) is 23.0. The van der Waals surface area contributed by atoms with Crippen molar-refractivity contribution < 1.29 is 14.3 Å². The molecule has 3 amide bonds. The van der Waals surface area contributed by atoms with Gasteiger partial charge in [-0.25, -0.2) is 4.79 Å². The Morgan fingerprint density at radius 3 is 2.52 bits per heavy atom. The number of amides is 3. The van der Waals surface area contributed by atoms with Crippen LogP contribution in [0.5, 0.6) is 0 Å². The van der Waals surface area contributed by atoms with Gasteiger partial charge in [-0.1, -0.05) is 6.07 Å². The highest BCUT2D eigenvalue weighted by Crippen LogP contribution is 2.40. The molecule has 3 aliphatic heterocycles. The van der Waals surface area contributed by atoms with Gasteiger partial charge in [0.2, 0.25) is 5.91 Å². The maximum absolute atomic E-state index is 12.7. The number of carbonyl (C=O) groups excluding carboxylic acids is 2. The second-order valence-corrected chi connectivity index (χ2v) is 7.94. The molecule has 0 aromatic carbocycles. The molecule has 7 heteroatoms. The molecule has 1 aromatic heterocycles. The van der Waals surface area contributed by atoms with Crippen LogP contribution in [0.4, 0.5) is 4.79 Å². The van der Waals surface area contributed by atoms with E-state index in [0.717, 1.165) is 44.6 Å². The zero-order valence-electron chi connectivity index (χ0n) is 15.8. The van der Waals surface area contributed by atoms with Crippen molar-refractivity contribution in [3.63, 3.8) is 0 Å². The molecule has 4 heterocycles. The van der Waals surface area contributed by atoms with E-state index in [-0.39, 0.29) is 17.4 Å². The largest absolute Gasteiger partial charge is 0.378 e. The Labute approximate surface area is 160 Å². The zero-order valence-corrected chi connectivity index (χ0v) is 15.8. The molecule has 3 fully saturated rings. The fourth-order valence-electron chi connectivity index (χ4n) is 4.47. The highest BCUT2D eigenvalue weighted by Gasteiger charge is 2.42. The van der Waals surface area contributed by atoms with Gasteiger partial charge in [-0.3, -0.25) is 9.78 Å². The summed E-state index contributed by atoms with van der Waals surface area (Å²) in [5.41, 5.74) is 1.08. The van der Waals surface area contributed by atoms with Crippen LogP contribution >= 0.6 is 0 Å². The lowest BCUT2D eigenvalue weighted by Crippen LogP contribution is -2.55. The van der Waals surface area contributed by atoms with Crippen LogP contribution in [0, 0.1) is 5.41 Å². The number of ether oxygens (including phenoxy) is 1. The van der Waals surface area contributed by atoms with E-state index in [1.807, 2.05) is 32.9 Å². The maximum atomic E-state index is 12.7. The number of pyridine rings is 1. The molecule has 3 saturated heterocycles. The lowest BCUT2D eigenvalue weighted by atomic mass is 9.72. The summed E-state index contributed by atoms with van der Waals surface area (Å²) in [6, 6.07) is 5.97. The number of aromatic nitrogens is 1. The van der Waals surface area contributed by atoms with Crippen molar-refractivity contribution in [2.75, 3.05) is 45.9 Å². The van der Waals surface area contributed by atoms with Crippen LogP contribution in [0.1, 0.15) is 31.4 Å². The van der Waals surface area contributed by atoms with Gasteiger partial charge in [-0.05, 0) is 36.8 Å². The van der Waals surface area contributed by atoms with Gasteiger partial charge in [0.15, 0.2) is 0 Å². The minimum absolute atomic E-state index is 0.143. The highest BCUT2D eigenvalue weighted by atomic mass is 16.5. The van der Waals surface area contributed by atoms with Gasteiger partial charge in [0.05, 0.1) is 25.5 Å². The minimum Gasteiger partial charge on any atom is -0.378 e. The molecule has 4 rings (SSSR count). The summed E-state index contributed by atoms with van der Waals surface area (Å²) >= 11 is 0. The summed E-state index contributed by atoms with van der Waals surface area (Å²) in [4.78, 5) is 35.3. The second kappa shape index (κ2) is 7.84. The molecule has 146 valence electrons. The lowest BCUT2D eigenvalue weighted by Gasteiger charge is -2.48. The molecule has 0 unspecified atom stereocenters. The van der Waals surface area contributed by atoms with Crippen LogP contribution in [0.2, 0.25) is 0 Å². The van der Waals surface area contributed by atoms with Crippen molar-refractivity contribution in [3.8, 4) is 0 Å². The molecular formula is C20H28N4O3. The first kappa shape index (κ1) is 18.2. The Hall–Kier alpha value is -2.15. The van der Waals surface area contributed by atoms with Crippen molar-refractivity contribution in [1.82, 2.24) is 19.7 Å². The van der Waals surface area contributed by atoms with E-state index in [9.17, 15) is 9.59 Å².